The largest absolute Gasteiger partial charge is 0.349 e. The quantitative estimate of drug-likeness (QED) is 0.740. The molecule has 0 spiro atoms. The van der Waals surface area contributed by atoms with Crippen LogP contribution in [0.25, 0.3) is 0 Å². The van der Waals surface area contributed by atoms with E-state index in [0.29, 0.717) is 17.7 Å². The van der Waals surface area contributed by atoms with Crippen molar-refractivity contribution in [1.29, 1.82) is 0 Å². The van der Waals surface area contributed by atoms with Crippen LogP contribution in [0.3, 0.4) is 0 Å². The topological polar surface area (TPSA) is 63.2 Å². The zero-order valence-corrected chi connectivity index (χ0v) is 16.4. The molecule has 0 saturated carbocycles. The molecule has 0 aliphatic carbocycles. The number of benzene rings is 2. The fourth-order valence-electron chi connectivity index (χ4n) is 2.47. The summed E-state index contributed by atoms with van der Waals surface area (Å²) < 4.78 is 36.6. The summed E-state index contributed by atoms with van der Waals surface area (Å²) in [6.45, 7) is 1.95. The second-order valence-corrected chi connectivity index (χ2v) is 8.96. The lowest BCUT2D eigenvalue weighted by Crippen LogP contribution is -2.29. The van der Waals surface area contributed by atoms with Crippen molar-refractivity contribution in [1.82, 2.24) is 5.32 Å². The number of thioether (sulfide) groups is 1. The minimum absolute atomic E-state index is 0.134. The fraction of sp³-hybridized carbons (Fsp3) is 0.316. The molecular formula is C19H22FNO3S2. The van der Waals surface area contributed by atoms with Gasteiger partial charge in [-0.1, -0.05) is 37.3 Å². The zero-order valence-electron chi connectivity index (χ0n) is 14.7. The first kappa shape index (κ1) is 20.5. The van der Waals surface area contributed by atoms with E-state index in [1.54, 1.807) is 42.5 Å². The molecule has 0 saturated heterocycles. The average molecular weight is 396 g/mol. The van der Waals surface area contributed by atoms with Gasteiger partial charge in [0.2, 0.25) is 5.91 Å². The molecule has 2 rings (SSSR count). The Hall–Kier alpha value is -1.86. The maximum absolute atomic E-state index is 13.6. The molecular weight excluding hydrogens is 373 g/mol. The second-order valence-electron chi connectivity index (χ2n) is 5.95. The summed E-state index contributed by atoms with van der Waals surface area (Å²) >= 11 is 1.35. The molecule has 1 amide bonds. The predicted molar refractivity (Wildman–Crippen MR) is 103 cm³/mol. The van der Waals surface area contributed by atoms with E-state index in [-0.39, 0.29) is 28.4 Å². The number of amides is 1. The molecule has 140 valence electrons. The molecule has 0 aliphatic rings. The highest BCUT2D eigenvalue weighted by Gasteiger charge is 2.14. The van der Waals surface area contributed by atoms with Crippen molar-refractivity contribution in [3.05, 3.63) is 65.5 Å². The van der Waals surface area contributed by atoms with Crippen LogP contribution in [0.2, 0.25) is 0 Å². The number of hydrogen-bond acceptors (Lipinski definition) is 4. The molecule has 0 bridgehead atoms. The van der Waals surface area contributed by atoms with Crippen molar-refractivity contribution in [3.63, 3.8) is 0 Å². The Labute approximate surface area is 158 Å². The number of rotatable bonds is 8. The second kappa shape index (κ2) is 9.19. The third-order valence-electron chi connectivity index (χ3n) is 3.90. The fourth-order valence-corrected chi connectivity index (χ4v) is 3.93. The Balaban J connectivity index is 1.90. The first-order valence-corrected chi connectivity index (χ1v) is 11.3. The number of sulfone groups is 1. The van der Waals surface area contributed by atoms with E-state index < -0.39 is 9.84 Å². The summed E-state index contributed by atoms with van der Waals surface area (Å²) in [5.74, 6) is 0.259. The van der Waals surface area contributed by atoms with E-state index in [1.165, 1.54) is 17.8 Å². The van der Waals surface area contributed by atoms with Gasteiger partial charge in [-0.2, -0.15) is 0 Å². The lowest BCUT2D eigenvalue weighted by Gasteiger charge is -2.18. The third kappa shape index (κ3) is 5.85. The highest BCUT2D eigenvalue weighted by atomic mass is 32.2. The summed E-state index contributed by atoms with van der Waals surface area (Å²) in [7, 11) is -3.24. The molecule has 26 heavy (non-hydrogen) atoms. The van der Waals surface area contributed by atoms with E-state index in [4.69, 9.17) is 0 Å². The van der Waals surface area contributed by atoms with Gasteiger partial charge in [0.25, 0.3) is 0 Å². The predicted octanol–water partition coefficient (Wildman–Crippen LogP) is 3.73. The highest BCUT2D eigenvalue weighted by molar-refractivity contribution is 7.99. The molecule has 0 aromatic heterocycles. The van der Waals surface area contributed by atoms with Crippen LogP contribution in [-0.2, 0) is 20.4 Å². The Bertz CT molecular complexity index is 851. The van der Waals surface area contributed by atoms with E-state index in [2.05, 4.69) is 5.32 Å². The minimum Gasteiger partial charge on any atom is -0.349 e. The third-order valence-corrected chi connectivity index (χ3v) is 6.01. The number of halogens is 1. The first-order valence-electron chi connectivity index (χ1n) is 8.21. The van der Waals surface area contributed by atoms with Crippen LogP contribution in [0.15, 0.2) is 53.4 Å². The number of carbonyl (C=O) groups excluding carboxylic acids is 1. The van der Waals surface area contributed by atoms with Gasteiger partial charge in [-0.05, 0) is 35.7 Å². The normalized spacial score (nSPS) is 12.6. The van der Waals surface area contributed by atoms with Gasteiger partial charge in [0.15, 0.2) is 9.84 Å². The van der Waals surface area contributed by atoms with E-state index in [9.17, 15) is 17.6 Å². The lowest BCUT2D eigenvalue weighted by molar-refractivity contribution is -0.119. The van der Waals surface area contributed by atoms with E-state index in [0.717, 1.165) is 11.8 Å². The Morgan fingerprint density at radius 3 is 2.38 bits per heavy atom. The summed E-state index contributed by atoms with van der Waals surface area (Å²) in [6.07, 6.45) is 1.84. The van der Waals surface area contributed by atoms with Gasteiger partial charge >= 0.3 is 0 Å². The Kier molecular flexibility index (Phi) is 7.23. The molecule has 7 heteroatoms. The van der Waals surface area contributed by atoms with Crippen LogP contribution in [0.5, 0.6) is 0 Å². The zero-order chi connectivity index (χ0) is 19.2. The number of nitrogens with one attached hydrogen (secondary N) is 1. The molecule has 0 radical (unpaired) electrons. The number of carbonyl (C=O) groups is 1. The highest BCUT2D eigenvalue weighted by Crippen LogP contribution is 2.20. The van der Waals surface area contributed by atoms with Crippen LogP contribution in [0, 0.1) is 5.82 Å². The van der Waals surface area contributed by atoms with E-state index in [1.807, 2.05) is 6.92 Å². The van der Waals surface area contributed by atoms with Gasteiger partial charge < -0.3 is 5.32 Å². The molecule has 0 aliphatic heterocycles. The van der Waals surface area contributed by atoms with E-state index >= 15 is 0 Å². The van der Waals surface area contributed by atoms with Crippen molar-refractivity contribution in [2.24, 2.45) is 0 Å². The van der Waals surface area contributed by atoms with Gasteiger partial charge in [0.1, 0.15) is 5.82 Å². The SMILES string of the molecule is CC[C@@H](NC(=O)CSCc1ccccc1F)c1ccc(S(C)(=O)=O)cc1. The summed E-state index contributed by atoms with van der Waals surface area (Å²) in [5.41, 5.74) is 1.43. The first-order chi connectivity index (χ1) is 12.3. The van der Waals surface area contributed by atoms with Gasteiger partial charge in [-0.3, -0.25) is 4.79 Å². The molecule has 4 nitrogen and oxygen atoms in total. The van der Waals surface area contributed by atoms with Crippen LogP contribution in [0.1, 0.15) is 30.5 Å². The van der Waals surface area contributed by atoms with Crippen molar-refractivity contribution in [2.45, 2.75) is 30.0 Å². The van der Waals surface area contributed by atoms with Crippen molar-refractivity contribution < 1.29 is 17.6 Å². The Morgan fingerprint density at radius 2 is 1.81 bits per heavy atom. The van der Waals surface area contributed by atoms with Gasteiger partial charge in [0.05, 0.1) is 16.7 Å². The van der Waals surface area contributed by atoms with Crippen LogP contribution in [-0.4, -0.2) is 26.3 Å². The lowest BCUT2D eigenvalue weighted by atomic mass is 10.0. The average Bonchev–Trinajstić information content (AvgIpc) is 2.61. The monoisotopic (exact) mass is 395 g/mol. The Morgan fingerprint density at radius 1 is 1.15 bits per heavy atom. The van der Waals surface area contributed by atoms with Crippen LogP contribution >= 0.6 is 11.8 Å². The van der Waals surface area contributed by atoms with Gasteiger partial charge in [-0.15, -0.1) is 11.8 Å². The summed E-state index contributed by atoms with van der Waals surface area (Å²) in [6, 6.07) is 12.9. The molecule has 0 heterocycles. The molecule has 0 unspecified atom stereocenters. The molecule has 2 aromatic carbocycles. The molecule has 2 aromatic rings. The van der Waals surface area contributed by atoms with Crippen molar-refractivity contribution >= 4 is 27.5 Å². The van der Waals surface area contributed by atoms with Gasteiger partial charge in [-0.25, -0.2) is 12.8 Å². The smallest absolute Gasteiger partial charge is 0.230 e. The van der Waals surface area contributed by atoms with Crippen LogP contribution in [0.4, 0.5) is 4.39 Å². The summed E-state index contributed by atoms with van der Waals surface area (Å²) in [5, 5.41) is 2.94. The maximum atomic E-state index is 13.6. The molecule has 1 atom stereocenters. The summed E-state index contributed by atoms with van der Waals surface area (Å²) in [4.78, 5) is 12.4. The van der Waals surface area contributed by atoms with Gasteiger partial charge in [0, 0.05) is 12.0 Å². The van der Waals surface area contributed by atoms with Crippen LogP contribution < -0.4 is 5.32 Å². The maximum Gasteiger partial charge on any atom is 0.230 e. The van der Waals surface area contributed by atoms with Crippen molar-refractivity contribution in [3.8, 4) is 0 Å². The number of hydrogen-bond donors (Lipinski definition) is 1. The van der Waals surface area contributed by atoms with Crippen molar-refractivity contribution in [2.75, 3.05) is 12.0 Å². The standard InChI is InChI=1S/C19H22FNO3S2/c1-3-18(14-8-10-16(11-9-14)26(2,23)24)21-19(22)13-25-12-15-6-4-5-7-17(15)20/h4-11,18H,3,12-13H2,1-2H3,(H,21,22)/t18-/m1/s1. The molecule has 0 fully saturated rings. The molecule has 1 N–H and O–H groups in total. The minimum atomic E-state index is -3.24.